The topological polar surface area (TPSA) is 18.5 Å². The number of benzene rings is 4. The summed E-state index contributed by atoms with van der Waals surface area (Å²) < 4.78 is 11.0. The molecular formula is C28H27BrClO2P. The molecule has 170 valence electrons. The summed E-state index contributed by atoms with van der Waals surface area (Å²) in [5.41, 5.74) is 1.20. The van der Waals surface area contributed by atoms with Crippen molar-refractivity contribution in [3.8, 4) is 5.75 Å². The second kappa shape index (κ2) is 12.3. The largest absolute Gasteiger partial charge is 1.00 e. The van der Waals surface area contributed by atoms with Crippen LogP contribution in [-0.2, 0) is 10.9 Å². The number of rotatable bonds is 9. The van der Waals surface area contributed by atoms with Crippen molar-refractivity contribution < 1.29 is 26.5 Å². The smallest absolute Gasteiger partial charge is 0.138 e. The van der Waals surface area contributed by atoms with Crippen LogP contribution in [0.2, 0.25) is 5.02 Å². The maximum Gasteiger partial charge on any atom is 0.138 e. The molecule has 5 heteroatoms. The fourth-order valence-corrected chi connectivity index (χ4v) is 8.44. The standard InChI is InChI=1S/C28H27ClO2P.BrH/c1-30-19-20-31-28-21-23(17-18-27(28)29)22-32(24-11-5-2-6-12-24,25-13-7-3-8-14-25)26-15-9-4-10-16-26;/h2-18,21H,19-20,22H2,1H3;1H/q+1;/p-1. The zero-order valence-corrected chi connectivity index (χ0v) is 21.8. The molecule has 0 heterocycles. The lowest BCUT2D eigenvalue weighted by Crippen LogP contribution is -3.00. The molecule has 0 atom stereocenters. The first kappa shape index (κ1) is 25.5. The van der Waals surface area contributed by atoms with Gasteiger partial charge in [0.1, 0.15) is 35.5 Å². The predicted octanol–water partition coefficient (Wildman–Crippen LogP) is 2.86. The molecule has 4 aromatic carbocycles. The van der Waals surface area contributed by atoms with Crippen LogP contribution in [0.4, 0.5) is 0 Å². The third-order valence-corrected chi connectivity index (χ3v) is 10.2. The maximum absolute atomic E-state index is 6.44. The summed E-state index contributed by atoms with van der Waals surface area (Å²) in [6, 6.07) is 38.8. The number of ether oxygens (including phenoxy) is 2. The molecule has 0 aliphatic carbocycles. The highest BCUT2D eigenvalue weighted by Gasteiger charge is 2.45. The number of hydrogen-bond acceptors (Lipinski definition) is 2. The van der Waals surface area contributed by atoms with E-state index in [2.05, 4.69) is 103 Å². The van der Waals surface area contributed by atoms with Crippen LogP contribution in [0, 0.1) is 0 Å². The average molecular weight is 542 g/mol. The van der Waals surface area contributed by atoms with Gasteiger partial charge in [0.15, 0.2) is 0 Å². The lowest BCUT2D eigenvalue weighted by Gasteiger charge is -2.28. The fraction of sp³-hybridized carbons (Fsp3) is 0.143. The number of halogens is 2. The molecular weight excluding hydrogens is 515 g/mol. The van der Waals surface area contributed by atoms with E-state index in [4.69, 9.17) is 21.1 Å². The van der Waals surface area contributed by atoms with E-state index in [0.29, 0.717) is 24.0 Å². The van der Waals surface area contributed by atoms with E-state index in [1.54, 1.807) is 7.11 Å². The molecule has 4 rings (SSSR count). The first-order valence-electron chi connectivity index (χ1n) is 10.7. The third kappa shape index (κ3) is 5.86. The Labute approximate surface area is 212 Å². The summed E-state index contributed by atoms with van der Waals surface area (Å²) in [5.74, 6) is 0.702. The molecule has 0 aliphatic rings. The molecule has 0 spiro atoms. The van der Waals surface area contributed by atoms with Crippen molar-refractivity contribution in [2.24, 2.45) is 0 Å². The maximum atomic E-state index is 6.44. The highest BCUT2D eigenvalue weighted by Crippen LogP contribution is 2.58. The van der Waals surface area contributed by atoms with Gasteiger partial charge in [0, 0.05) is 7.11 Å². The van der Waals surface area contributed by atoms with E-state index in [0.717, 1.165) is 6.16 Å². The summed E-state index contributed by atoms with van der Waals surface area (Å²) in [6.07, 6.45) is 0.878. The molecule has 0 fully saturated rings. The van der Waals surface area contributed by atoms with Gasteiger partial charge in [-0.1, -0.05) is 72.3 Å². The van der Waals surface area contributed by atoms with Gasteiger partial charge in [-0.15, -0.1) is 0 Å². The Bertz CT molecular complexity index is 1030. The Hall–Kier alpha value is -2.16. The molecule has 0 N–H and O–H groups in total. The summed E-state index contributed by atoms with van der Waals surface area (Å²) in [5, 5.41) is 4.69. The molecule has 0 aliphatic heterocycles. The van der Waals surface area contributed by atoms with Crippen LogP contribution in [0.15, 0.2) is 109 Å². The van der Waals surface area contributed by atoms with Crippen molar-refractivity contribution in [3.05, 3.63) is 120 Å². The van der Waals surface area contributed by atoms with Gasteiger partial charge in [0.25, 0.3) is 0 Å². The number of hydrogen-bond donors (Lipinski definition) is 0. The van der Waals surface area contributed by atoms with Gasteiger partial charge in [-0.25, -0.2) is 0 Å². The molecule has 0 radical (unpaired) electrons. The monoisotopic (exact) mass is 540 g/mol. The SMILES string of the molecule is COCCOc1cc(C[P+](c2ccccc2)(c2ccccc2)c2ccccc2)ccc1Cl.[Br-]. The minimum Gasteiger partial charge on any atom is -1.00 e. The molecule has 0 saturated carbocycles. The Morgan fingerprint density at radius 1 is 0.667 bits per heavy atom. The molecule has 4 aromatic rings. The van der Waals surface area contributed by atoms with E-state index in [-0.39, 0.29) is 17.0 Å². The molecule has 0 amide bonds. The molecule has 0 bridgehead atoms. The molecule has 0 saturated heterocycles. The first-order valence-corrected chi connectivity index (χ1v) is 13.0. The van der Waals surface area contributed by atoms with E-state index in [1.807, 2.05) is 6.07 Å². The fourth-order valence-electron chi connectivity index (χ4n) is 4.03. The summed E-state index contributed by atoms with van der Waals surface area (Å²) >= 11 is 6.44. The first-order chi connectivity index (χ1) is 15.7. The van der Waals surface area contributed by atoms with Crippen LogP contribution in [0.3, 0.4) is 0 Å². The molecule has 0 aromatic heterocycles. The van der Waals surface area contributed by atoms with Crippen molar-refractivity contribution in [1.82, 2.24) is 0 Å². The van der Waals surface area contributed by atoms with Crippen LogP contribution < -0.4 is 37.6 Å². The minimum absolute atomic E-state index is 0. The second-order valence-corrected chi connectivity index (χ2v) is 11.5. The van der Waals surface area contributed by atoms with Crippen molar-refractivity contribution in [3.63, 3.8) is 0 Å². The Morgan fingerprint density at radius 2 is 1.15 bits per heavy atom. The molecule has 0 unspecified atom stereocenters. The zero-order valence-electron chi connectivity index (χ0n) is 18.5. The quantitative estimate of drug-likeness (QED) is 0.240. The van der Waals surface area contributed by atoms with Crippen LogP contribution in [0.1, 0.15) is 5.56 Å². The lowest BCUT2D eigenvalue weighted by atomic mass is 10.2. The Morgan fingerprint density at radius 3 is 1.61 bits per heavy atom. The summed E-state index contributed by atoms with van der Waals surface area (Å²) in [4.78, 5) is 0. The second-order valence-electron chi connectivity index (χ2n) is 7.58. The van der Waals surface area contributed by atoms with E-state index in [9.17, 15) is 0 Å². The third-order valence-electron chi connectivity index (χ3n) is 5.55. The molecule has 2 nitrogen and oxygen atoms in total. The van der Waals surface area contributed by atoms with Gasteiger partial charge in [-0.2, -0.15) is 0 Å². The summed E-state index contributed by atoms with van der Waals surface area (Å²) in [6.45, 7) is 0.992. The van der Waals surface area contributed by atoms with E-state index in [1.165, 1.54) is 21.5 Å². The average Bonchev–Trinajstić information content (AvgIpc) is 2.86. The lowest BCUT2D eigenvalue weighted by molar-refractivity contribution is -0.00000679. The Kier molecular flexibility index (Phi) is 9.52. The van der Waals surface area contributed by atoms with Gasteiger partial charge >= 0.3 is 0 Å². The minimum atomic E-state index is -1.97. The Balaban J connectivity index is 0.00000306. The van der Waals surface area contributed by atoms with Crippen LogP contribution in [-0.4, -0.2) is 20.3 Å². The normalized spacial score (nSPS) is 11.0. The summed E-state index contributed by atoms with van der Waals surface area (Å²) in [7, 11) is -0.299. The van der Waals surface area contributed by atoms with Crippen molar-refractivity contribution in [1.29, 1.82) is 0 Å². The zero-order chi connectivity index (χ0) is 22.2. The van der Waals surface area contributed by atoms with E-state index >= 15 is 0 Å². The molecule has 33 heavy (non-hydrogen) atoms. The van der Waals surface area contributed by atoms with Crippen LogP contribution in [0.25, 0.3) is 0 Å². The van der Waals surface area contributed by atoms with Crippen LogP contribution in [0.5, 0.6) is 5.75 Å². The highest BCUT2D eigenvalue weighted by atomic mass is 79.9. The van der Waals surface area contributed by atoms with E-state index < -0.39 is 7.26 Å². The van der Waals surface area contributed by atoms with Gasteiger partial charge < -0.3 is 26.5 Å². The van der Waals surface area contributed by atoms with Crippen molar-refractivity contribution in [2.45, 2.75) is 6.16 Å². The predicted molar refractivity (Wildman–Crippen MR) is 138 cm³/mol. The van der Waals surface area contributed by atoms with Gasteiger partial charge in [0.05, 0.1) is 17.8 Å². The number of methoxy groups -OCH3 is 1. The van der Waals surface area contributed by atoms with Gasteiger partial charge in [-0.3, -0.25) is 0 Å². The van der Waals surface area contributed by atoms with Crippen LogP contribution >= 0.6 is 18.9 Å². The van der Waals surface area contributed by atoms with Gasteiger partial charge in [-0.05, 0) is 54.1 Å². The van der Waals surface area contributed by atoms with Crippen molar-refractivity contribution >= 4 is 34.8 Å². The highest BCUT2D eigenvalue weighted by molar-refractivity contribution is 7.95. The van der Waals surface area contributed by atoms with Gasteiger partial charge in [0.2, 0.25) is 0 Å². The van der Waals surface area contributed by atoms with Crippen molar-refractivity contribution in [2.75, 3.05) is 20.3 Å².